The lowest BCUT2D eigenvalue weighted by Crippen LogP contribution is -2.28. The van der Waals surface area contributed by atoms with Crippen molar-refractivity contribution in [1.29, 1.82) is 0 Å². The summed E-state index contributed by atoms with van der Waals surface area (Å²) in [6.45, 7) is 0. The van der Waals surface area contributed by atoms with Crippen molar-refractivity contribution in [3.05, 3.63) is 59.1 Å². The lowest BCUT2D eigenvalue weighted by atomic mass is 10.2. The van der Waals surface area contributed by atoms with Gasteiger partial charge in [-0.25, -0.2) is 13.2 Å². The van der Waals surface area contributed by atoms with Gasteiger partial charge in [0.15, 0.2) is 0 Å². The number of para-hydroxylation sites is 1. The quantitative estimate of drug-likeness (QED) is 0.803. The van der Waals surface area contributed by atoms with Gasteiger partial charge in [0.1, 0.15) is 0 Å². The molecule has 7 heteroatoms. The van der Waals surface area contributed by atoms with Crippen LogP contribution < -0.4 is 4.31 Å². The lowest BCUT2D eigenvalue weighted by Gasteiger charge is -2.21. The van der Waals surface area contributed by atoms with Crippen LogP contribution in [0.25, 0.3) is 0 Å². The zero-order valence-electron chi connectivity index (χ0n) is 12.0. The smallest absolute Gasteiger partial charge is 0.340 e. The van der Waals surface area contributed by atoms with Crippen LogP contribution in [0.1, 0.15) is 10.4 Å². The SMILES string of the molecule is COC(=O)c1ccccc1N(C)S(=O)(=O)c1ccc(Cl)cc1. The Kier molecular flexibility index (Phi) is 4.73. The van der Waals surface area contributed by atoms with Gasteiger partial charge in [-0.15, -0.1) is 0 Å². The molecule has 0 heterocycles. The molecule has 0 aliphatic rings. The molecule has 0 N–H and O–H groups in total. The lowest BCUT2D eigenvalue weighted by molar-refractivity contribution is 0.0601. The molecule has 0 aromatic heterocycles. The van der Waals surface area contributed by atoms with E-state index in [0.29, 0.717) is 5.02 Å². The van der Waals surface area contributed by atoms with E-state index in [2.05, 4.69) is 4.74 Å². The summed E-state index contributed by atoms with van der Waals surface area (Å²) >= 11 is 5.77. The van der Waals surface area contributed by atoms with Crippen molar-refractivity contribution in [2.24, 2.45) is 0 Å². The number of anilines is 1. The summed E-state index contributed by atoms with van der Waals surface area (Å²) < 4.78 is 31.0. The number of ether oxygens (including phenoxy) is 1. The van der Waals surface area contributed by atoms with E-state index in [-0.39, 0.29) is 16.1 Å². The second-order valence-corrected chi connectivity index (χ2v) is 6.84. The summed E-state index contributed by atoms with van der Waals surface area (Å²) in [5.74, 6) is -0.603. The number of hydrogen-bond acceptors (Lipinski definition) is 4. The first kappa shape index (κ1) is 16.3. The molecule has 0 amide bonds. The highest BCUT2D eigenvalue weighted by Crippen LogP contribution is 2.26. The van der Waals surface area contributed by atoms with Gasteiger partial charge in [0, 0.05) is 12.1 Å². The second kappa shape index (κ2) is 6.37. The largest absolute Gasteiger partial charge is 0.465 e. The second-order valence-electron chi connectivity index (χ2n) is 4.44. The number of nitrogens with zero attached hydrogens (tertiary/aromatic N) is 1. The minimum absolute atomic E-state index is 0.0825. The molecule has 2 aromatic rings. The van der Waals surface area contributed by atoms with Crippen LogP contribution in [0.2, 0.25) is 5.02 Å². The van der Waals surface area contributed by atoms with Crippen molar-refractivity contribution < 1.29 is 17.9 Å². The van der Waals surface area contributed by atoms with Crippen LogP contribution in [0.15, 0.2) is 53.4 Å². The zero-order valence-corrected chi connectivity index (χ0v) is 13.6. The van der Waals surface area contributed by atoms with Crippen LogP contribution in [0.5, 0.6) is 0 Å². The van der Waals surface area contributed by atoms with Crippen LogP contribution in [0.4, 0.5) is 5.69 Å². The summed E-state index contributed by atoms with van der Waals surface area (Å²) in [4.78, 5) is 11.9. The Balaban J connectivity index is 2.49. The van der Waals surface area contributed by atoms with Crippen molar-refractivity contribution >= 4 is 33.3 Å². The fourth-order valence-electron chi connectivity index (χ4n) is 1.92. The third kappa shape index (κ3) is 3.08. The number of rotatable bonds is 4. The van der Waals surface area contributed by atoms with Crippen molar-refractivity contribution in [1.82, 2.24) is 0 Å². The number of halogens is 1. The van der Waals surface area contributed by atoms with Gasteiger partial charge in [-0.1, -0.05) is 23.7 Å². The Bertz CT molecular complexity index is 787. The normalized spacial score (nSPS) is 11.0. The fraction of sp³-hybridized carbons (Fsp3) is 0.133. The molecule has 0 spiro atoms. The summed E-state index contributed by atoms with van der Waals surface area (Å²) in [6, 6.07) is 12.1. The van der Waals surface area contributed by atoms with Crippen LogP contribution in [-0.2, 0) is 14.8 Å². The molecule has 0 radical (unpaired) electrons. The highest BCUT2D eigenvalue weighted by molar-refractivity contribution is 7.92. The maximum absolute atomic E-state index is 12.6. The molecule has 0 bridgehead atoms. The van der Waals surface area contributed by atoms with Crippen molar-refractivity contribution in [3.8, 4) is 0 Å². The highest BCUT2D eigenvalue weighted by atomic mass is 35.5. The average molecular weight is 340 g/mol. The summed E-state index contributed by atoms with van der Waals surface area (Å²) in [7, 11) is -1.18. The van der Waals surface area contributed by atoms with Crippen molar-refractivity contribution in [3.63, 3.8) is 0 Å². The predicted molar refractivity (Wildman–Crippen MR) is 84.8 cm³/mol. The van der Waals surface area contributed by atoms with Gasteiger partial charge < -0.3 is 4.74 Å². The van der Waals surface area contributed by atoms with Gasteiger partial charge in [-0.2, -0.15) is 0 Å². The van der Waals surface area contributed by atoms with E-state index in [0.717, 1.165) is 4.31 Å². The third-order valence-electron chi connectivity index (χ3n) is 3.12. The van der Waals surface area contributed by atoms with Crippen LogP contribution in [0.3, 0.4) is 0 Å². The number of benzene rings is 2. The predicted octanol–water partition coefficient (Wildman–Crippen LogP) is 2.95. The molecule has 5 nitrogen and oxygen atoms in total. The molecular weight excluding hydrogens is 326 g/mol. The first-order valence-corrected chi connectivity index (χ1v) is 8.11. The highest BCUT2D eigenvalue weighted by Gasteiger charge is 2.25. The minimum Gasteiger partial charge on any atom is -0.465 e. The summed E-state index contributed by atoms with van der Waals surface area (Å²) in [5, 5.41) is 0.441. The minimum atomic E-state index is -3.81. The third-order valence-corrected chi connectivity index (χ3v) is 5.16. The molecule has 0 aliphatic heterocycles. The monoisotopic (exact) mass is 339 g/mol. The Labute approximate surface area is 134 Å². The maximum atomic E-state index is 12.6. The fourth-order valence-corrected chi connectivity index (χ4v) is 3.27. The number of sulfonamides is 1. The number of methoxy groups -OCH3 is 1. The molecule has 2 rings (SSSR count). The first-order valence-electron chi connectivity index (χ1n) is 6.30. The van der Waals surface area contributed by atoms with E-state index >= 15 is 0 Å². The van der Waals surface area contributed by atoms with Gasteiger partial charge >= 0.3 is 5.97 Å². The average Bonchev–Trinajstić information content (AvgIpc) is 2.53. The standard InChI is InChI=1S/C15H14ClNO4S/c1-17(14-6-4-3-5-13(14)15(18)21-2)22(19,20)12-9-7-11(16)8-10-12/h3-10H,1-2H3. The Morgan fingerprint density at radius 2 is 1.68 bits per heavy atom. The Morgan fingerprint density at radius 1 is 1.09 bits per heavy atom. The van der Waals surface area contributed by atoms with Crippen LogP contribution in [-0.4, -0.2) is 28.5 Å². The van der Waals surface area contributed by atoms with Gasteiger partial charge in [0.25, 0.3) is 10.0 Å². The molecule has 0 atom stereocenters. The zero-order chi connectivity index (χ0) is 16.3. The molecule has 0 unspecified atom stereocenters. The van der Waals surface area contributed by atoms with Crippen molar-refractivity contribution in [2.75, 3.05) is 18.5 Å². The molecule has 0 aliphatic carbocycles. The molecule has 0 fully saturated rings. The number of carbonyl (C=O) groups is 1. The summed E-state index contributed by atoms with van der Waals surface area (Å²) in [5.41, 5.74) is 0.411. The van der Waals surface area contributed by atoms with E-state index in [4.69, 9.17) is 11.6 Å². The van der Waals surface area contributed by atoms with Gasteiger partial charge in [0.2, 0.25) is 0 Å². The molecule has 116 valence electrons. The topological polar surface area (TPSA) is 63.7 Å². The molecular formula is C15H14ClNO4S. The van der Waals surface area contributed by atoms with Gasteiger partial charge in [0.05, 0.1) is 23.3 Å². The Hall–Kier alpha value is -2.05. The van der Waals surface area contributed by atoms with E-state index in [1.807, 2.05) is 0 Å². The van der Waals surface area contributed by atoms with E-state index < -0.39 is 16.0 Å². The number of esters is 1. The molecule has 0 saturated heterocycles. The summed E-state index contributed by atoms with van der Waals surface area (Å²) in [6.07, 6.45) is 0. The molecule has 0 saturated carbocycles. The molecule has 2 aromatic carbocycles. The van der Waals surface area contributed by atoms with Crippen LogP contribution in [0, 0.1) is 0 Å². The molecule has 22 heavy (non-hydrogen) atoms. The van der Waals surface area contributed by atoms with E-state index in [1.165, 1.54) is 44.5 Å². The Morgan fingerprint density at radius 3 is 2.27 bits per heavy atom. The number of carbonyl (C=O) groups excluding carboxylic acids is 1. The first-order chi connectivity index (χ1) is 10.4. The van der Waals surface area contributed by atoms with E-state index in [1.54, 1.807) is 18.2 Å². The van der Waals surface area contributed by atoms with Crippen molar-refractivity contribution in [2.45, 2.75) is 4.90 Å². The van der Waals surface area contributed by atoms with Gasteiger partial charge in [-0.05, 0) is 36.4 Å². The maximum Gasteiger partial charge on any atom is 0.340 e. The van der Waals surface area contributed by atoms with E-state index in [9.17, 15) is 13.2 Å². The van der Waals surface area contributed by atoms with Crippen LogP contribution >= 0.6 is 11.6 Å². The van der Waals surface area contributed by atoms with Gasteiger partial charge in [-0.3, -0.25) is 4.31 Å². The number of hydrogen-bond donors (Lipinski definition) is 0.